The normalized spacial score (nSPS) is 10.9. The lowest BCUT2D eigenvalue weighted by molar-refractivity contribution is 0.0651. The Labute approximate surface area is 125 Å². The molecule has 2 aromatic carbocycles. The summed E-state index contributed by atoms with van der Waals surface area (Å²) < 4.78 is 18.9. The average Bonchev–Trinajstić information content (AvgIpc) is 2.48. The summed E-state index contributed by atoms with van der Waals surface area (Å²) in [6, 6.07) is 14.6. The van der Waals surface area contributed by atoms with E-state index < -0.39 is 0 Å². The molecule has 0 unspecified atom stereocenters. The predicted octanol–water partition coefficient (Wildman–Crippen LogP) is 3.87. The van der Waals surface area contributed by atoms with Crippen LogP contribution in [0.4, 0.5) is 10.1 Å². The third kappa shape index (κ3) is 5.17. The lowest BCUT2D eigenvalue weighted by Crippen LogP contribution is -2.21. The summed E-state index contributed by atoms with van der Waals surface area (Å²) in [5.74, 6) is -0.239. The number of rotatable bonds is 7. The smallest absolute Gasteiger partial charge is 0.123 e. The van der Waals surface area contributed by atoms with E-state index in [0.717, 1.165) is 16.8 Å². The minimum atomic E-state index is -0.239. The van der Waals surface area contributed by atoms with Crippen molar-refractivity contribution < 1.29 is 9.13 Å². The van der Waals surface area contributed by atoms with E-state index in [-0.39, 0.29) is 11.9 Å². The van der Waals surface area contributed by atoms with Gasteiger partial charge in [0.2, 0.25) is 0 Å². The van der Waals surface area contributed by atoms with Crippen LogP contribution in [0.3, 0.4) is 0 Å². The fraction of sp³-hybridized carbons (Fsp3) is 0.294. The van der Waals surface area contributed by atoms with Crippen molar-refractivity contribution in [3.05, 3.63) is 65.5 Å². The van der Waals surface area contributed by atoms with E-state index >= 15 is 0 Å². The van der Waals surface area contributed by atoms with E-state index in [1.807, 2.05) is 44.2 Å². The van der Waals surface area contributed by atoms with Gasteiger partial charge in [-0.3, -0.25) is 0 Å². The zero-order valence-corrected chi connectivity index (χ0v) is 12.4. The van der Waals surface area contributed by atoms with Crippen LogP contribution in [0.5, 0.6) is 0 Å². The first-order valence-electron chi connectivity index (χ1n) is 7.08. The number of halogens is 1. The second kappa shape index (κ2) is 7.76. The zero-order valence-electron chi connectivity index (χ0n) is 12.4. The lowest BCUT2D eigenvalue weighted by Gasteiger charge is -2.14. The van der Waals surface area contributed by atoms with Crippen molar-refractivity contribution in [2.24, 2.45) is 0 Å². The highest BCUT2D eigenvalue weighted by molar-refractivity contribution is 5.41. The van der Waals surface area contributed by atoms with Gasteiger partial charge in [-0.25, -0.2) is 9.82 Å². The summed E-state index contributed by atoms with van der Waals surface area (Å²) in [5.41, 5.74) is 9.12. The Morgan fingerprint density at radius 1 is 1.05 bits per heavy atom. The Morgan fingerprint density at radius 3 is 2.52 bits per heavy atom. The van der Waals surface area contributed by atoms with Crippen LogP contribution in [0.1, 0.15) is 25.0 Å². The van der Waals surface area contributed by atoms with E-state index in [4.69, 9.17) is 4.74 Å². The molecule has 3 nitrogen and oxygen atoms in total. The molecule has 0 saturated carbocycles. The van der Waals surface area contributed by atoms with Gasteiger partial charge in [-0.2, -0.15) is 0 Å². The molecule has 0 aliphatic heterocycles. The van der Waals surface area contributed by atoms with Gasteiger partial charge in [0.05, 0.1) is 12.7 Å². The second-order valence-corrected chi connectivity index (χ2v) is 5.12. The van der Waals surface area contributed by atoms with Gasteiger partial charge in [0, 0.05) is 12.2 Å². The number of anilines is 1. The monoisotopic (exact) mass is 288 g/mol. The molecule has 0 aromatic heterocycles. The average molecular weight is 288 g/mol. The van der Waals surface area contributed by atoms with Crippen LogP contribution in [0.25, 0.3) is 0 Å². The zero-order chi connectivity index (χ0) is 15.1. The van der Waals surface area contributed by atoms with Crippen molar-refractivity contribution in [2.45, 2.75) is 33.1 Å². The third-order valence-electron chi connectivity index (χ3n) is 3.03. The van der Waals surface area contributed by atoms with Crippen LogP contribution in [-0.2, 0) is 17.9 Å². The maximum absolute atomic E-state index is 13.4. The van der Waals surface area contributed by atoms with Crippen molar-refractivity contribution in [3.63, 3.8) is 0 Å². The van der Waals surface area contributed by atoms with Crippen LogP contribution >= 0.6 is 0 Å². The van der Waals surface area contributed by atoms with Crippen molar-refractivity contribution in [2.75, 3.05) is 5.43 Å². The molecule has 21 heavy (non-hydrogen) atoms. The maximum atomic E-state index is 13.4. The number of hydrazine groups is 1. The largest absolute Gasteiger partial charge is 0.374 e. The highest BCUT2D eigenvalue weighted by atomic mass is 19.1. The SMILES string of the molecule is CC(C)OCc1cc(F)ccc1CNNc1ccccc1. The molecule has 4 heteroatoms. The molecule has 2 N–H and O–H groups in total. The first-order valence-corrected chi connectivity index (χ1v) is 7.08. The molecule has 0 aliphatic rings. The summed E-state index contributed by atoms with van der Waals surface area (Å²) in [6.45, 7) is 4.94. The third-order valence-corrected chi connectivity index (χ3v) is 3.03. The summed E-state index contributed by atoms with van der Waals surface area (Å²) in [4.78, 5) is 0. The molecule has 0 atom stereocenters. The van der Waals surface area contributed by atoms with Gasteiger partial charge in [-0.1, -0.05) is 24.3 Å². The fourth-order valence-electron chi connectivity index (χ4n) is 1.92. The number of hydrogen-bond acceptors (Lipinski definition) is 3. The maximum Gasteiger partial charge on any atom is 0.123 e. The molecule has 0 heterocycles. The summed E-state index contributed by atoms with van der Waals surface area (Å²) >= 11 is 0. The molecule has 0 radical (unpaired) electrons. The minimum absolute atomic E-state index is 0.122. The number of benzene rings is 2. The first kappa shape index (κ1) is 15.5. The molecular formula is C17H21FN2O. The topological polar surface area (TPSA) is 33.3 Å². The van der Waals surface area contributed by atoms with Crippen molar-refractivity contribution in [1.29, 1.82) is 0 Å². The summed E-state index contributed by atoms with van der Waals surface area (Å²) in [7, 11) is 0. The van der Waals surface area contributed by atoms with E-state index in [2.05, 4.69) is 10.9 Å². The minimum Gasteiger partial charge on any atom is -0.374 e. The number of ether oxygens (including phenoxy) is 1. The van der Waals surface area contributed by atoms with Gasteiger partial charge < -0.3 is 10.2 Å². The van der Waals surface area contributed by atoms with Crippen molar-refractivity contribution >= 4 is 5.69 Å². The number of para-hydroxylation sites is 1. The van der Waals surface area contributed by atoms with Gasteiger partial charge in [0.1, 0.15) is 5.82 Å². The highest BCUT2D eigenvalue weighted by Gasteiger charge is 2.05. The second-order valence-electron chi connectivity index (χ2n) is 5.12. The quantitative estimate of drug-likeness (QED) is 0.759. The van der Waals surface area contributed by atoms with Crippen molar-refractivity contribution in [1.82, 2.24) is 5.43 Å². The Morgan fingerprint density at radius 2 is 1.81 bits per heavy atom. The van der Waals surface area contributed by atoms with Crippen LogP contribution in [-0.4, -0.2) is 6.10 Å². The van der Waals surface area contributed by atoms with Gasteiger partial charge in [-0.15, -0.1) is 0 Å². The Kier molecular flexibility index (Phi) is 5.72. The molecule has 0 aliphatic carbocycles. The van der Waals surface area contributed by atoms with Crippen LogP contribution in [0.15, 0.2) is 48.5 Å². The van der Waals surface area contributed by atoms with Crippen LogP contribution in [0, 0.1) is 5.82 Å². The summed E-state index contributed by atoms with van der Waals surface area (Å²) in [5, 5.41) is 0. The molecule has 0 bridgehead atoms. The first-order chi connectivity index (χ1) is 10.1. The standard InChI is InChI=1S/C17H21FN2O/c1-13(2)21-12-15-10-16(18)9-8-14(15)11-19-20-17-6-4-3-5-7-17/h3-10,13,19-20H,11-12H2,1-2H3. The Balaban J connectivity index is 1.95. The van der Waals surface area contributed by atoms with Crippen molar-refractivity contribution in [3.8, 4) is 0 Å². The highest BCUT2D eigenvalue weighted by Crippen LogP contribution is 2.14. The summed E-state index contributed by atoms with van der Waals surface area (Å²) in [6.07, 6.45) is 0.122. The molecule has 0 amide bonds. The van der Waals surface area contributed by atoms with E-state index in [1.54, 1.807) is 6.07 Å². The molecule has 2 aromatic rings. The molecule has 0 fully saturated rings. The van der Waals surface area contributed by atoms with Crippen LogP contribution < -0.4 is 10.9 Å². The Hall–Kier alpha value is -1.91. The number of hydrogen-bond donors (Lipinski definition) is 2. The van der Waals surface area contributed by atoms with E-state index in [9.17, 15) is 4.39 Å². The molecule has 0 spiro atoms. The van der Waals surface area contributed by atoms with Gasteiger partial charge in [0.25, 0.3) is 0 Å². The van der Waals surface area contributed by atoms with Gasteiger partial charge >= 0.3 is 0 Å². The van der Waals surface area contributed by atoms with Gasteiger partial charge in [0.15, 0.2) is 0 Å². The molecule has 2 rings (SSSR count). The fourth-order valence-corrected chi connectivity index (χ4v) is 1.92. The van der Waals surface area contributed by atoms with E-state index in [0.29, 0.717) is 13.2 Å². The Bertz CT molecular complexity index is 558. The van der Waals surface area contributed by atoms with Crippen LogP contribution in [0.2, 0.25) is 0 Å². The molecule has 112 valence electrons. The van der Waals surface area contributed by atoms with E-state index in [1.165, 1.54) is 12.1 Å². The van der Waals surface area contributed by atoms with Gasteiger partial charge in [-0.05, 0) is 49.2 Å². The lowest BCUT2D eigenvalue weighted by atomic mass is 10.1. The number of nitrogens with one attached hydrogen (secondary N) is 2. The predicted molar refractivity (Wildman–Crippen MR) is 83.2 cm³/mol. The molecule has 0 saturated heterocycles. The molecular weight excluding hydrogens is 267 g/mol.